The first-order chi connectivity index (χ1) is 11.0. The van der Waals surface area contributed by atoms with E-state index in [1.165, 1.54) is 0 Å². The van der Waals surface area contributed by atoms with Crippen LogP contribution in [0.1, 0.15) is 17.5 Å². The second-order valence-corrected chi connectivity index (χ2v) is 5.75. The number of carbonyl (C=O) groups is 1. The van der Waals surface area contributed by atoms with E-state index in [-0.39, 0.29) is 5.91 Å². The molecular formula is C19H24N2O2. The summed E-state index contributed by atoms with van der Waals surface area (Å²) in [5.74, 6) is 0.798. The van der Waals surface area contributed by atoms with Crippen molar-refractivity contribution in [1.29, 1.82) is 0 Å². The maximum Gasteiger partial charge on any atom is 0.223 e. The highest BCUT2D eigenvalue weighted by molar-refractivity contribution is 5.76. The van der Waals surface area contributed by atoms with E-state index in [1.807, 2.05) is 74.4 Å². The fourth-order valence-corrected chi connectivity index (χ4v) is 2.17. The number of anilines is 1. The Kier molecular flexibility index (Phi) is 6.03. The minimum Gasteiger partial charge on any atom is -0.493 e. The lowest BCUT2D eigenvalue weighted by Crippen LogP contribution is -2.24. The molecule has 0 aliphatic carbocycles. The summed E-state index contributed by atoms with van der Waals surface area (Å²) in [5, 5.41) is 2.91. The van der Waals surface area contributed by atoms with Crippen molar-refractivity contribution in [3.8, 4) is 5.75 Å². The SMILES string of the molecule is Cc1cccc(OCCC(=O)NCc2ccc(N(C)C)cc2)c1. The van der Waals surface area contributed by atoms with Crippen molar-refractivity contribution in [3.63, 3.8) is 0 Å². The Labute approximate surface area is 138 Å². The molecule has 4 heteroatoms. The molecule has 0 unspecified atom stereocenters. The first-order valence-corrected chi connectivity index (χ1v) is 7.77. The molecule has 0 spiro atoms. The van der Waals surface area contributed by atoms with Crippen LogP contribution in [0.15, 0.2) is 48.5 Å². The van der Waals surface area contributed by atoms with Gasteiger partial charge in [0.05, 0.1) is 13.0 Å². The Bertz CT molecular complexity index is 636. The number of benzene rings is 2. The van der Waals surface area contributed by atoms with Gasteiger partial charge in [0.25, 0.3) is 0 Å². The largest absolute Gasteiger partial charge is 0.493 e. The molecule has 2 rings (SSSR count). The normalized spacial score (nSPS) is 10.2. The van der Waals surface area contributed by atoms with Gasteiger partial charge in [0, 0.05) is 26.3 Å². The monoisotopic (exact) mass is 312 g/mol. The lowest BCUT2D eigenvalue weighted by molar-refractivity contribution is -0.121. The molecule has 1 amide bonds. The molecule has 0 heterocycles. The third-order valence-electron chi connectivity index (χ3n) is 3.53. The smallest absolute Gasteiger partial charge is 0.223 e. The molecule has 0 fully saturated rings. The van der Waals surface area contributed by atoms with Crippen molar-refractivity contribution in [2.24, 2.45) is 0 Å². The topological polar surface area (TPSA) is 41.6 Å². The Morgan fingerprint density at radius 2 is 1.87 bits per heavy atom. The van der Waals surface area contributed by atoms with Crippen molar-refractivity contribution < 1.29 is 9.53 Å². The number of hydrogen-bond acceptors (Lipinski definition) is 3. The third-order valence-corrected chi connectivity index (χ3v) is 3.53. The summed E-state index contributed by atoms with van der Waals surface area (Å²) in [5.41, 5.74) is 3.38. The van der Waals surface area contributed by atoms with E-state index < -0.39 is 0 Å². The molecular weight excluding hydrogens is 288 g/mol. The molecule has 1 N–H and O–H groups in total. The van der Waals surface area contributed by atoms with E-state index in [1.54, 1.807) is 0 Å². The molecule has 0 atom stereocenters. The number of hydrogen-bond donors (Lipinski definition) is 1. The maximum absolute atomic E-state index is 11.8. The van der Waals surface area contributed by atoms with Crippen LogP contribution in [0.5, 0.6) is 5.75 Å². The van der Waals surface area contributed by atoms with Gasteiger partial charge in [-0.3, -0.25) is 4.79 Å². The zero-order valence-corrected chi connectivity index (χ0v) is 14.0. The third kappa shape index (κ3) is 5.66. The summed E-state index contributed by atoms with van der Waals surface area (Å²) in [6.07, 6.45) is 0.351. The van der Waals surface area contributed by atoms with E-state index in [2.05, 4.69) is 5.32 Å². The first kappa shape index (κ1) is 16.9. The van der Waals surface area contributed by atoms with Crippen LogP contribution in [-0.4, -0.2) is 26.6 Å². The minimum absolute atomic E-state index is 0.00524. The fraction of sp³-hybridized carbons (Fsp3) is 0.316. The number of amides is 1. The number of ether oxygens (including phenoxy) is 1. The van der Waals surface area contributed by atoms with Crippen LogP contribution in [-0.2, 0) is 11.3 Å². The molecule has 0 aromatic heterocycles. The second-order valence-electron chi connectivity index (χ2n) is 5.75. The van der Waals surface area contributed by atoms with Gasteiger partial charge >= 0.3 is 0 Å². The zero-order valence-electron chi connectivity index (χ0n) is 14.0. The van der Waals surface area contributed by atoms with Crippen molar-refractivity contribution in [2.45, 2.75) is 19.9 Å². The van der Waals surface area contributed by atoms with Crippen LogP contribution < -0.4 is 15.0 Å². The van der Waals surface area contributed by atoms with Gasteiger partial charge in [-0.25, -0.2) is 0 Å². The van der Waals surface area contributed by atoms with Crippen LogP contribution >= 0.6 is 0 Å². The van der Waals surface area contributed by atoms with Crippen molar-refractivity contribution in [1.82, 2.24) is 5.32 Å². The Hall–Kier alpha value is -2.49. The molecule has 122 valence electrons. The molecule has 0 aliphatic heterocycles. The van der Waals surface area contributed by atoms with Crippen LogP contribution in [0.2, 0.25) is 0 Å². The quantitative estimate of drug-likeness (QED) is 0.854. The summed E-state index contributed by atoms with van der Waals surface area (Å²) in [4.78, 5) is 13.9. The van der Waals surface area contributed by atoms with E-state index in [4.69, 9.17) is 4.74 Å². The van der Waals surface area contributed by atoms with E-state index in [0.717, 1.165) is 22.6 Å². The van der Waals surface area contributed by atoms with Gasteiger partial charge in [-0.05, 0) is 42.3 Å². The molecule has 0 saturated heterocycles. The molecule has 2 aromatic rings. The number of aryl methyl sites for hydroxylation is 1. The zero-order chi connectivity index (χ0) is 16.7. The second kappa shape index (κ2) is 8.22. The lowest BCUT2D eigenvalue weighted by Gasteiger charge is -2.13. The highest BCUT2D eigenvalue weighted by atomic mass is 16.5. The summed E-state index contributed by atoms with van der Waals surface area (Å²) in [7, 11) is 4.01. The van der Waals surface area contributed by atoms with Gasteiger partial charge in [0.2, 0.25) is 5.91 Å². The van der Waals surface area contributed by atoms with Crippen molar-refractivity contribution >= 4 is 11.6 Å². The van der Waals surface area contributed by atoms with Gasteiger partial charge in [-0.15, -0.1) is 0 Å². The first-order valence-electron chi connectivity index (χ1n) is 7.77. The number of nitrogens with zero attached hydrogens (tertiary/aromatic N) is 1. The highest BCUT2D eigenvalue weighted by Crippen LogP contribution is 2.13. The predicted molar refractivity (Wildman–Crippen MR) is 93.9 cm³/mol. The van der Waals surface area contributed by atoms with Gasteiger partial charge in [0.1, 0.15) is 5.75 Å². The molecule has 23 heavy (non-hydrogen) atoms. The number of nitrogens with one attached hydrogen (secondary N) is 1. The van der Waals surface area contributed by atoms with E-state index in [0.29, 0.717) is 19.6 Å². The van der Waals surface area contributed by atoms with Crippen molar-refractivity contribution in [2.75, 3.05) is 25.6 Å². The average Bonchev–Trinajstić information content (AvgIpc) is 2.53. The summed E-state index contributed by atoms with van der Waals surface area (Å²) < 4.78 is 5.59. The Balaban J connectivity index is 1.70. The Morgan fingerprint density at radius 1 is 1.13 bits per heavy atom. The van der Waals surface area contributed by atoms with Crippen LogP contribution in [0.4, 0.5) is 5.69 Å². The standard InChI is InChI=1S/C19H24N2O2/c1-15-5-4-6-18(13-15)23-12-11-19(22)20-14-16-7-9-17(10-8-16)21(2)3/h4-10,13H,11-12,14H2,1-3H3,(H,20,22). The highest BCUT2D eigenvalue weighted by Gasteiger charge is 2.03. The molecule has 2 aromatic carbocycles. The van der Waals surface area contributed by atoms with Crippen LogP contribution in [0.25, 0.3) is 0 Å². The van der Waals surface area contributed by atoms with Gasteiger partial charge in [0.15, 0.2) is 0 Å². The summed E-state index contributed by atoms with van der Waals surface area (Å²) in [6, 6.07) is 16.0. The molecule has 0 aliphatic rings. The Morgan fingerprint density at radius 3 is 2.52 bits per heavy atom. The minimum atomic E-state index is -0.00524. The average molecular weight is 312 g/mol. The summed E-state index contributed by atoms with van der Waals surface area (Å²) >= 11 is 0. The van der Waals surface area contributed by atoms with Crippen molar-refractivity contribution in [3.05, 3.63) is 59.7 Å². The van der Waals surface area contributed by atoms with Gasteiger partial charge < -0.3 is 15.0 Å². The number of carbonyl (C=O) groups excluding carboxylic acids is 1. The van der Waals surface area contributed by atoms with Crippen LogP contribution in [0, 0.1) is 6.92 Å². The van der Waals surface area contributed by atoms with Gasteiger partial charge in [-0.1, -0.05) is 24.3 Å². The van der Waals surface area contributed by atoms with Crippen LogP contribution in [0.3, 0.4) is 0 Å². The lowest BCUT2D eigenvalue weighted by atomic mass is 10.2. The molecule has 0 radical (unpaired) electrons. The maximum atomic E-state index is 11.8. The summed E-state index contributed by atoms with van der Waals surface area (Å²) in [6.45, 7) is 2.94. The van der Waals surface area contributed by atoms with E-state index >= 15 is 0 Å². The van der Waals surface area contributed by atoms with Gasteiger partial charge in [-0.2, -0.15) is 0 Å². The predicted octanol–water partition coefficient (Wildman–Crippen LogP) is 3.15. The molecule has 0 bridgehead atoms. The fourth-order valence-electron chi connectivity index (χ4n) is 2.17. The molecule has 0 saturated carbocycles. The van der Waals surface area contributed by atoms with E-state index in [9.17, 15) is 4.79 Å². The molecule has 4 nitrogen and oxygen atoms in total. The number of rotatable bonds is 7.